The average Bonchev–Trinajstić information content (AvgIpc) is 2.55. The Labute approximate surface area is 149 Å². The van der Waals surface area contributed by atoms with Gasteiger partial charge in [0.15, 0.2) is 0 Å². The van der Waals surface area contributed by atoms with Crippen LogP contribution < -0.4 is 4.74 Å². The van der Waals surface area contributed by atoms with Crippen molar-refractivity contribution in [2.75, 3.05) is 26.7 Å². The standard InChI is InChI=1S/C18H28N4O3/c1-18(2,3)25-17(23)22-10-7-15-14(11-22)16(20-12-19-15)24-13-5-8-21(4)9-6-13/h12-13H,5-11H2,1-4H3. The summed E-state index contributed by atoms with van der Waals surface area (Å²) >= 11 is 0. The lowest BCUT2D eigenvalue weighted by Crippen LogP contribution is -2.41. The summed E-state index contributed by atoms with van der Waals surface area (Å²) in [5, 5.41) is 0. The molecule has 1 saturated heterocycles. The van der Waals surface area contributed by atoms with E-state index in [1.165, 1.54) is 0 Å². The monoisotopic (exact) mass is 348 g/mol. The number of nitrogens with zero attached hydrogens (tertiary/aromatic N) is 4. The summed E-state index contributed by atoms with van der Waals surface area (Å²) in [6.45, 7) is 8.73. The molecule has 3 heterocycles. The van der Waals surface area contributed by atoms with Crippen LogP contribution in [0.15, 0.2) is 6.33 Å². The van der Waals surface area contributed by atoms with Crippen molar-refractivity contribution in [2.24, 2.45) is 0 Å². The van der Waals surface area contributed by atoms with Gasteiger partial charge in [-0.1, -0.05) is 0 Å². The van der Waals surface area contributed by atoms with Crippen LogP contribution >= 0.6 is 0 Å². The highest BCUT2D eigenvalue weighted by Crippen LogP contribution is 2.27. The van der Waals surface area contributed by atoms with Crippen LogP contribution in [-0.4, -0.2) is 64.2 Å². The summed E-state index contributed by atoms with van der Waals surface area (Å²) in [4.78, 5) is 25.1. The fourth-order valence-corrected chi connectivity index (χ4v) is 3.16. The molecule has 7 nitrogen and oxygen atoms in total. The maximum Gasteiger partial charge on any atom is 0.410 e. The lowest BCUT2D eigenvalue weighted by atomic mass is 10.1. The molecule has 1 amide bonds. The highest BCUT2D eigenvalue weighted by molar-refractivity contribution is 5.68. The maximum absolute atomic E-state index is 12.4. The van der Waals surface area contributed by atoms with Crippen LogP contribution in [0.4, 0.5) is 4.79 Å². The lowest BCUT2D eigenvalue weighted by Gasteiger charge is -2.33. The number of piperidine rings is 1. The molecule has 25 heavy (non-hydrogen) atoms. The molecule has 0 saturated carbocycles. The zero-order chi connectivity index (χ0) is 18.0. The summed E-state index contributed by atoms with van der Waals surface area (Å²) in [7, 11) is 2.13. The predicted molar refractivity (Wildman–Crippen MR) is 93.5 cm³/mol. The Morgan fingerprint density at radius 3 is 2.60 bits per heavy atom. The van der Waals surface area contributed by atoms with Crippen molar-refractivity contribution >= 4 is 6.09 Å². The van der Waals surface area contributed by atoms with E-state index in [4.69, 9.17) is 9.47 Å². The van der Waals surface area contributed by atoms with E-state index in [0.717, 1.165) is 37.2 Å². The van der Waals surface area contributed by atoms with E-state index >= 15 is 0 Å². The van der Waals surface area contributed by atoms with Crippen LogP contribution in [0, 0.1) is 0 Å². The van der Waals surface area contributed by atoms with Crippen molar-refractivity contribution in [1.29, 1.82) is 0 Å². The van der Waals surface area contributed by atoms with Gasteiger partial charge in [-0.25, -0.2) is 14.8 Å². The van der Waals surface area contributed by atoms with E-state index in [9.17, 15) is 4.79 Å². The van der Waals surface area contributed by atoms with Gasteiger partial charge in [0.05, 0.1) is 17.8 Å². The van der Waals surface area contributed by atoms with Gasteiger partial charge in [-0.3, -0.25) is 0 Å². The van der Waals surface area contributed by atoms with Gasteiger partial charge in [0.2, 0.25) is 5.88 Å². The SMILES string of the molecule is CN1CCC(Oc2ncnc3c2CN(C(=O)OC(C)(C)C)CC3)CC1. The van der Waals surface area contributed by atoms with Crippen LogP contribution in [0.3, 0.4) is 0 Å². The second kappa shape index (κ2) is 7.15. The normalized spacial score (nSPS) is 19.4. The van der Waals surface area contributed by atoms with Gasteiger partial charge in [0.25, 0.3) is 0 Å². The number of likely N-dealkylation sites (tertiary alicyclic amines) is 1. The van der Waals surface area contributed by atoms with Gasteiger partial charge >= 0.3 is 6.09 Å². The predicted octanol–water partition coefficient (Wildman–Crippen LogP) is 2.24. The number of carbonyl (C=O) groups is 1. The lowest BCUT2D eigenvalue weighted by molar-refractivity contribution is 0.0218. The Kier molecular flexibility index (Phi) is 5.13. The fourth-order valence-electron chi connectivity index (χ4n) is 3.16. The minimum Gasteiger partial charge on any atom is -0.474 e. The van der Waals surface area contributed by atoms with E-state index in [1.807, 2.05) is 20.8 Å². The van der Waals surface area contributed by atoms with Crippen molar-refractivity contribution in [2.45, 2.75) is 58.3 Å². The number of carbonyl (C=O) groups excluding carboxylic acids is 1. The van der Waals surface area contributed by atoms with Crippen LogP contribution in [-0.2, 0) is 17.7 Å². The molecule has 2 aliphatic heterocycles. The molecule has 1 aromatic rings. The zero-order valence-corrected chi connectivity index (χ0v) is 15.6. The van der Waals surface area contributed by atoms with E-state index in [2.05, 4.69) is 21.9 Å². The Balaban J connectivity index is 1.71. The van der Waals surface area contributed by atoms with Crippen molar-refractivity contribution < 1.29 is 14.3 Å². The average molecular weight is 348 g/mol. The molecule has 0 radical (unpaired) electrons. The molecule has 138 valence electrons. The molecule has 0 N–H and O–H groups in total. The Morgan fingerprint density at radius 1 is 1.20 bits per heavy atom. The van der Waals surface area contributed by atoms with Gasteiger partial charge < -0.3 is 19.3 Å². The van der Waals surface area contributed by atoms with Crippen molar-refractivity contribution in [3.05, 3.63) is 17.6 Å². The summed E-state index contributed by atoms with van der Waals surface area (Å²) in [6.07, 6.45) is 4.11. The molecule has 7 heteroatoms. The first-order chi connectivity index (χ1) is 11.8. The maximum atomic E-state index is 12.4. The van der Waals surface area contributed by atoms with E-state index < -0.39 is 5.60 Å². The van der Waals surface area contributed by atoms with Gasteiger partial charge in [-0.05, 0) is 40.7 Å². The number of hydrogen-bond donors (Lipinski definition) is 0. The fraction of sp³-hybridized carbons (Fsp3) is 0.722. The van der Waals surface area contributed by atoms with Crippen LogP contribution in [0.2, 0.25) is 0 Å². The van der Waals surface area contributed by atoms with Gasteiger partial charge in [-0.2, -0.15) is 0 Å². The van der Waals surface area contributed by atoms with Crippen molar-refractivity contribution in [1.82, 2.24) is 19.8 Å². The quantitative estimate of drug-likeness (QED) is 0.816. The minimum absolute atomic E-state index is 0.173. The van der Waals surface area contributed by atoms with E-state index in [0.29, 0.717) is 25.4 Å². The molecular formula is C18H28N4O3. The number of amides is 1. The number of aromatic nitrogens is 2. The summed E-state index contributed by atoms with van der Waals surface area (Å²) < 4.78 is 11.7. The Hall–Kier alpha value is -1.89. The van der Waals surface area contributed by atoms with Crippen LogP contribution in [0.1, 0.15) is 44.9 Å². The van der Waals surface area contributed by atoms with Crippen LogP contribution in [0.25, 0.3) is 0 Å². The Bertz CT molecular complexity index is 621. The molecule has 0 aromatic carbocycles. The smallest absolute Gasteiger partial charge is 0.410 e. The highest BCUT2D eigenvalue weighted by Gasteiger charge is 2.29. The molecule has 2 aliphatic rings. The molecule has 3 rings (SSSR count). The molecule has 1 aromatic heterocycles. The number of rotatable bonds is 2. The van der Waals surface area contributed by atoms with Crippen LogP contribution in [0.5, 0.6) is 5.88 Å². The number of hydrogen-bond acceptors (Lipinski definition) is 6. The first-order valence-electron chi connectivity index (χ1n) is 8.98. The summed E-state index contributed by atoms with van der Waals surface area (Å²) in [5.41, 5.74) is 1.38. The summed E-state index contributed by atoms with van der Waals surface area (Å²) in [6, 6.07) is 0. The first-order valence-corrected chi connectivity index (χ1v) is 8.98. The number of ether oxygens (including phenoxy) is 2. The molecule has 0 unspecified atom stereocenters. The van der Waals surface area contributed by atoms with Gasteiger partial charge in [0, 0.05) is 26.1 Å². The van der Waals surface area contributed by atoms with E-state index in [-0.39, 0.29) is 12.2 Å². The molecule has 0 spiro atoms. The summed E-state index contributed by atoms with van der Waals surface area (Å²) in [5.74, 6) is 0.618. The molecular weight excluding hydrogens is 320 g/mol. The van der Waals surface area contributed by atoms with Gasteiger partial charge in [-0.15, -0.1) is 0 Å². The molecule has 1 fully saturated rings. The minimum atomic E-state index is -0.502. The zero-order valence-electron chi connectivity index (χ0n) is 15.6. The Morgan fingerprint density at radius 2 is 1.92 bits per heavy atom. The molecule has 0 atom stereocenters. The molecule has 0 bridgehead atoms. The second-order valence-corrected chi connectivity index (χ2v) is 7.88. The molecule has 0 aliphatic carbocycles. The van der Waals surface area contributed by atoms with Crippen molar-refractivity contribution in [3.8, 4) is 5.88 Å². The third-order valence-electron chi connectivity index (χ3n) is 4.56. The third kappa shape index (κ3) is 4.60. The number of fused-ring (bicyclic) bond motifs is 1. The topological polar surface area (TPSA) is 67.8 Å². The highest BCUT2D eigenvalue weighted by atomic mass is 16.6. The first kappa shape index (κ1) is 17.9. The third-order valence-corrected chi connectivity index (χ3v) is 4.56. The largest absolute Gasteiger partial charge is 0.474 e. The van der Waals surface area contributed by atoms with E-state index in [1.54, 1.807) is 11.2 Å². The van der Waals surface area contributed by atoms with Gasteiger partial charge in [0.1, 0.15) is 18.0 Å². The van der Waals surface area contributed by atoms with Crippen molar-refractivity contribution in [3.63, 3.8) is 0 Å². The second-order valence-electron chi connectivity index (χ2n) is 7.88.